The van der Waals surface area contributed by atoms with Crippen LogP contribution in [0, 0.1) is 19.8 Å². The summed E-state index contributed by atoms with van der Waals surface area (Å²) in [4.78, 5) is 44.2. The summed E-state index contributed by atoms with van der Waals surface area (Å²) in [6.45, 7) is 15.8. The molecule has 2 N–H and O–H groups in total. The van der Waals surface area contributed by atoms with Crippen LogP contribution in [0.5, 0.6) is 0 Å². The molecule has 0 heterocycles. The minimum Gasteiger partial charge on any atom is -0.444 e. The fourth-order valence-corrected chi connectivity index (χ4v) is 6.01. The Morgan fingerprint density at radius 2 is 1.57 bits per heavy atom. The second kappa shape index (κ2) is 16.1. The molecule has 0 bridgehead atoms. The van der Waals surface area contributed by atoms with Gasteiger partial charge in [0.2, 0.25) is 11.8 Å². The normalized spacial score (nSPS) is 16.1. The number of nitrogens with one attached hydrogen (secondary N) is 2. The van der Waals surface area contributed by atoms with E-state index >= 15 is 0 Å². The van der Waals surface area contributed by atoms with Crippen molar-refractivity contribution in [3.8, 4) is 0 Å². The standard InChI is InChI=1S/C37H55N3O4/c1-25(2)22-23-27(4)40(35(42)32(24-29-17-11-9-12-18-29)39-36(43)44-37(6,7)8)33(31-21-15-16-26(3)28(31)5)34(41)38-30-19-13-10-14-20-30/h9,11-12,15-18,21,25,27,30,32-33H,10,13-14,19-20,22-24H2,1-8H3,(H,38,41)(H,39,43). The fourth-order valence-electron chi connectivity index (χ4n) is 6.01. The largest absolute Gasteiger partial charge is 0.444 e. The molecule has 2 aromatic rings. The number of hydrogen-bond acceptors (Lipinski definition) is 4. The molecule has 7 nitrogen and oxygen atoms in total. The van der Waals surface area contributed by atoms with Gasteiger partial charge in [-0.2, -0.15) is 0 Å². The van der Waals surface area contributed by atoms with Crippen molar-refractivity contribution in [2.45, 2.75) is 137 Å². The molecule has 3 atom stereocenters. The third-order valence-electron chi connectivity index (χ3n) is 8.58. The highest BCUT2D eigenvalue weighted by molar-refractivity contribution is 5.93. The number of amides is 3. The number of benzene rings is 2. The SMILES string of the molecule is Cc1cccc(C(C(=O)NC2CCCCC2)N(C(=O)C(Cc2ccccc2)NC(=O)OC(C)(C)C)C(C)CCC(C)C)c1C. The van der Waals surface area contributed by atoms with Gasteiger partial charge in [-0.3, -0.25) is 9.59 Å². The molecule has 1 fully saturated rings. The van der Waals surface area contributed by atoms with Gasteiger partial charge in [-0.1, -0.05) is 81.6 Å². The van der Waals surface area contributed by atoms with Crippen LogP contribution in [0.1, 0.15) is 115 Å². The van der Waals surface area contributed by atoms with E-state index in [2.05, 4.69) is 24.5 Å². The van der Waals surface area contributed by atoms with Crippen molar-refractivity contribution in [2.24, 2.45) is 5.92 Å². The maximum atomic E-state index is 14.9. The molecule has 0 aliphatic heterocycles. The molecular formula is C37H55N3O4. The number of aryl methyl sites for hydroxylation is 1. The molecule has 3 unspecified atom stereocenters. The average Bonchev–Trinajstić information content (AvgIpc) is 2.95. The molecule has 2 aromatic carbocycles. The Hall–Kier alpha value is -3.35. The number of nitrogens with zero attached hydrogens (tertiary/aromatic N) is 1. The number of carbonyl (C=O) groups excluding carboxylic acids is 3. The first kappa shape index (κ1) is 35.1. The second-order valence-electron chi connectivity index (χ2n) is 14.0. The predicted molar refractivity (Wildman–Crippen MR) is 177 cm³/mol. The summed E-state index contributed by atoms with van der Waals surface area (Å²) in [6.07, 6.45) is 6.49. The highest BCUT2D eigenvalue weighted by Gasteiger charge is 2.40. The van der Waals surface area contributed by atoms with Crippen molar-refractivity contribution in [3.63, 3.8) is 0 Å². The number of hydrogen-bond donors (Lipinski definition) is 2. The van der Waals surface area contributed by atoms with Crippen LogP contribution in [0.3, 0.4) is 0 Å². The van der Waals surface area contributed by atoms with Crippen molar-refractivity contribution in [1.29, 1.82) is 0 Å². The Labute approximate surface area is 265 Å². The van der Waals surface area contributed by atoms with Crippen LogP contribution in [0.2, 0.25) is 0 Å². The van der Waals surface area contributed by atoms with E-state index in [0.29, 0.717) is 5.92 Å². The Morgan fingerprint density at radius 3 is 2.18 bits per heavy atom. The third-order valence-corrected chi connectivity index (χ3v) is 8.58. The van der Waals surface area contributed by atoms with E-state index in [1.807, 2.05) is 69.3 Å². The van der Waals surface area contributed by atoms with Crippen LogP contribution < -0.4 is 10.6 Å². The summed E-state index contributed by atoms with van der Waals surface area (Å²) in [6, 6.07) is 13.7. The molecule has 0 spiro atoms. The van der Waals surface area contributed by atoms with Gasteiger partial charge in [0.25, 0.3) is 0 Å². The zero-order valence-electron chi connectivity index (χ0n) is 28.2. The van der Waals surface area contributed by atoms with E-state index in [1.165, 1.54) is 6.42 Å². The number of rotatable bonds is 12. The van der Waals surface area contributed by atoms with Gasteiger partial charge in [-0.05, 0) is 95.4 Å². The molecule has 0 saturated heterocycles. The van der Waals surface area contributed by atoms with Gasteiger partial charge in [-0.15, -0.1) is 0 Å². The van der Waals surface area contributed by atoms with Gasteiger partial charge >= 0.3 is 6.09 Å². The second-order valence-corrected chi connectivity index (χ2v) is 14.0. The summed E-state index contributed by atoms with van der Waals surface area (Å²) in [7, 11) is 0. The minimum absolute atomic E-state index is 0.0896. The monoisotopic (exact) mass is 605 g/mol. The van der Waals surface area contributed by atoms with Crippen LogP contribution in [-0.4, -0.2) is 46.5 Å². The molecule has 1 aliphatic rings. The van der Waals surface area contributed by atoms with E-state index in [-0.39, 0.29) is 30.3 Å². The predicted octanol–water partition coefficient (Wildman–Crippen LogP) is 7.58. The first-order chi connectivity index (χ1) is 20.8. The smallest absolute Gasteiger partial charge is 0.408 e. The van der Waals surface area contributed by atoms with Crippen molar-refractivity contribution >= 4 is 17.9 Å². The van der Waals surface area contributed by atoms with Crippen LogP contribution in [0.15, 0.2) is 48.5 Å². The fraction of sp³-hybridized carbons (Fsp3) is 0.595. The maximum absolute atomic E-state index is 14.9. The van der Waals surface area contributed by atoms with E-state index in [1.54, 1.807) is 25.7 Å². The van der Waals surface area contributed by atoms with E-state index < -0.39 is 23.8 Å². The summed E-state index contributed by atoms with van der Waals surface area (Å²) in [5.74, 6) is -0.0172. The highest BCUT2D eigenvalue weighted by atomic mass is 16.6. The lowest BCUT2D eigenvalue weighted by molar-refractivity contribution is -0.145. The quantitative estimate of drug-likeness (QED) is 0.261. The summed E-state index contributed by atoms with van der Waals surface area (Å²) in [5, 5.41) is 6.23. The first-order valence-electron chi connectivity index (χ1n) is 16.5. The van der Waals surface area contributed by atoms with Crippen molar-refractivity contribution in [1.82, 2.24) is 15.5 Å². The Balaban J connectivity index is 2.12. The molecule has 1 saturated carbocycles. The third kappa shape index (κ3) is 10.4. The van der Waals surface area contributed by atoms with Crippen LogP contribution in [0.4, 0.5) is 4.79 Å². The molecule has 3 rings (SSSR count). The molecule has 7 heteroatoms. The summed E-state index contributed by atoms with van der Waals surface area (Å²) >= 11 is 0. The number of carbonyl (C=O) groups is 3. The van der Waals surface area contributed by atoms with Gasteiger partial charge in [0.15, 0.2) is 0 Å². The van der Waals surface area contributed by atoms with Gasteiger partial charge < -0.3 is 20.3 Å². The molecule has 1 aliphatic carbocycles. The van der Waals surface area contributed by atoms with Crippen molar-refractivity contribution in [2.75, 3.05) is 0 Å². The zero-order valence-corrected chi connectivity index (χ0v) is 28.2. The lowest BCUT2D eigenvalue weighted by Crippen LogP contribution is -2.57. The lowest BCUT2D eigenvalue weighted by Gasteiger charge is -2.40. The van der Waals surface area contributed by atoms with Gasteiger partial charge in [-0.25, -0.2) is 4.79 Å². The first-order valence-corrected chi connectivity index (χ1v) is 16.5. The van der Waals surface area contributed by atoms with Crippen LogP contribution in [0.25, 0.3) is 0 Å². The van der Waals surface area contributed by atoms with E-state index in [0.717, 1.165) is 60.8 Å². The minimum atomic E-state index is -0.927. The maximum Gasteiger partial charge on any atom is 0.408 e. The van der Waals surface area contributed by atoms with Crippen molar-refractivity contribution in [3.05, 3.63) is 70.8 Å². The van der Waals surface area contributed by atoms with Crippen LogP contribution >= 0.6 is 0 Å². The number of alkyl carbamates (subject to hydrolysis) is 1. The van der Waals surface area contributed by atoms with Crippen LogP contribution in [-0.2, 0) is 20.7 Å². The molecule has 0 radical (unpaired) electrons. The lowest BCUT2D eigenvalue weighted by atomic mass is 9.91. The van der Waals surface area contributed by atoms with Gasteiger partial charge in [0.1, 0.15) is 17.7 Å². The Kier molecular flexibility index (Phi) is 12.9. The van der Waals surface area contributed by atoms with Crippen molar-refractivity contribution < 1.29 is 19.1 Å². The number of ether oxygens (including phenoxy) is 1. The van der Waals surface area contributed by atoms with E-state index in [9.17, 15) is 14.4 Å². The molecule has 44 heavy (non-hydrogen) atoms. The molecular weight excluding hydrogens is 550 g/mol. The molecule has 3 amide bonds. The average molecular weight is 606 g/mol. The summed E-state index contributed by atoms with van der Waals surface area (Å²) in [5.41, 5.74) is 3.05. The highest BCUT2D eigenvalue weighted by Crippen LogP contribution is 2.32. The topological polar surface area (TPSA) is 87.7 Å². The summed E-state index contributed by atoms with van der Waals surface area (Å²) < 4.78 is 5.60. The Bertz CT molecular complexity index is 1230. The van der Waals surface area contributed by atoms with E-state index in [4.69, 9.17) is 4.74 Å². The van der Waals surface area contributed by atoms with Gasteiger partial charge in [0.05, 0.1) is 0 Å². The molecule has 242 valence electrons. The zero-order chi connectivity index (χ0) is 32.4. The molecule has 0 aromatic heterocycles. The Morgan fingerprint density at radius 1 is 0.909 bits per heavy atom. The van der Waals surface area contributed by atoms with Gasteiger partial charge in [0, 0.05) is 18.5 Å².